The van der Waals surface area contributed by atoms with Crippen molar-refractivity contribution in [2.75, 3.05) is 0 Å². The first-order valence-corrected chi connectivity index (χ1v) is 10.4. The highest BCUT2D eigenvalue weighted by Gasteiger charge is 2.14. The van der Waals surface area contributed by atoms with E-state index < -0.39 is 16.8 Å². The van der Waals surface area contributed by atoms with Crippen molar-refractivity contribution in [3.05, 3.63) is 117 Å². The SMILES string of the molecule is O=C(N/N=C/c1c(OC(=O)c2ccc(Cl)cc2)ccc2ccccc12)c1ccc([N+](=O)[O-])cc1. The van der Waals surface area contributed by atoms with Gasteiger partial charge in [-0.25, -0.2) is 10.2 Å². The molecule has 0 aliphatic carbocycles. The number of nitrogens with one attached hydrogen (secondary N) is 1. The van der Waals surface area contributed by atoms with E-state index in [0.717, 1.165) is 10.8 Å². The van der Waals surface area contributed by atoms with E-state index in [9.17, 15) is 19.7 Å². The average Bonchev–Trinajstić information content (AvgIpc) is 2.85. The Kier molecular flexibility index (Phi) is 6.61. The summed E-state index contributed by atoms with van der Waals surface area (Å²) in [7, 11) is 0. The number of ether oxygens (including phenoxy) is 1. The quantitative estimate of drug-likeness (QED) is 0.133. The van der Waals surface area contributed by atoms with Crippen molar-refractivity contribution < 1.29 is 19.2 Å². The van der Waals surface area contributed by atoms with E-state index in [1.807, 2.05) is 30.3 Å². The number of carbonyl (C=O) groups excluding carboxylic acids is 2. The molecule has 1 N–H and O–H groups in total. The normalized spacial score (nSPS) is 10.9. The van der Waals surface area contributed by atoms with Crippen LogP contribution in [-0.2, 0) is 0 Å². The molecule has 0 unspecified atom stereocenters. The molecular formula is C25H16ClN3O5. The summed E-state index contributed by atoms with van der Waals surface area (Å²) in [5.41, 5.74) is 3.28. The highest BCUT2D eigenvalue weighted by molar-refractivity contribution is 6.30. The molecule has 0 fully saturated rings. The maximum atomic E-state index is 12.6. The summed E-state index contributed by atoms with van der Waals surface area (Å²) >= 11 is 5.88. The summed E-state index contributed by atoms with van der Waals surface area (Å²) in [4.78, 5) is 35.2. The lowest BCUT2D eigenvalue weighted by atomic mass is 10.0. The third kappa shape index (κ3) is 5.08. The van der Waals surface area contributed by atoms with Gasteiger partial charge in [-0.3, -0.25) is 14.9 Å². The molecule has 0 aliphatic rings. The third-order valence-corrected chi connectivity index (χ3v) is 5.17. The number of nitrogens with zero attached hydrogens (tertiary/aromatic N) is 2. The first-order chi connectivity index (χ1) is 16.4. The number of fused-ring (bicyclic) bond motifs is 1. The number of amides is 1. The number of carbonyl (C=O) groups is 2. The summed E-state index contributed by atoms with van der Waals surface area (Å²) in [6.07, 6.45) is 1.39. The Labute approximate surface area is 198 Å². The lowest BCUT2D eigenvalue weighted by Gasteiger charge is -2.10. The molecule has 0 bridgehead atoms. The lowest BCUT2D eigenvalue weighted by Crippen LogP contribution is -2.17. The zero-order valence-electron chi connectivity index (χ0n) is 17.5. The highest BCUT2D eigenvalue weighted by Crippen LogP contribution is 2.27. The molecule has 0 spiro atoms. The van der Waals surface area contributed by atoms with Gasteiger partial charge in [0.1, 0.15) is 5.75 Å². The van der Waals surface area contributed by atoms with Crippen LogP contribution >= 0.6 is 11.6 Å². The second-order valence-electron chi connectivity index (χ2n) is 7.10. The van der Waals surface area contributed by atoms with Gasteiger partial charge < -0.3 is 4.74 Å². The molecule has 0 aliphatic heterocycles. The molecule has 1 amide bonds. The predicted octanol–water partition coefficient (Wildman–Crippen LogP) is 5.38. The van der Waals surface area contributed by atoms with Gasteiger partial charge in [-0.05, 0) is 53.2 Å². The summed E-state index contributed by atoms with van der Waals surface area (Å²) in [5.74, 6) is -0.866. The van der Waals surface area contributed by atoms with E-state index in [4.69, 9.17) is 16.3 Å². The third-order valence-electron chi connectivity index (χ3n) is 4.91. The Morgan fingerprint density at radius 1 is 0.912 bits per heavy atom. The molecule has 0 heterocycles. The van der Waals surface area contributed by atoms with Crippen LogP contribution in [-0.4, -0.2) is 23.0 Å². The topological polar surface area (TPSA) is 111 Å². The number of non-ortho nitro benzene ring substituents is 1. The zero-order chi connectivity index (χ0) is 24.1. The number of nitro benzene ring substituents is 1. The van der Waals surface area contributed by atoms with Gasteiger partial charge in [0, 0.05) is 28.3 Å². The summed E-state index contributed by atoms with van der Waals surface area (Å²) in [6.45, 7) is 0. The van der Waals surface area contributed by atoms with Gasteiger partial charge in [-0.15, -0.1) is 0 Å². The molecule has 8 nitrogen and oxygen atoms in total. The number of esters is 1. The fourth-order valence-electron chi connectivity index (χ4n) is 3.20. The van der Waals surface area contributed by atoms with Crippen LogP contribution in [0.3, 0.4) is 0 Å². The number of hydrazone groups is 1. The molecule has 0 aromatic heterocycles. The van der Waals surface area contributed by atoms with Gasteiger partial charge >= 0.3 is 5.97 Å². The maximum absolute atomic E-state index is 12.6. The number of hydrogen-bond acceptors (Lipinski definition) is 6. The van der Waals surface area contributed by atoms with E-state index in [1.165, 1.54) is 30.5 Å². The molecule has 0 saturated carbocycles. The number of hydrogen-bond donors (Lipinski definition) is 1. The van der Waals surface area contributed by atoms with E-state index >= 15 is 0 Å². The van der Waals surface area contributed by atoms with Gasteiger partial charge in [0.2, 0.25) is 0 Å². The predicted molar refractivity (Wildman–Crippen MR) is 129 cm³/mol. The Hall–Kier alpha value is -4.56. The van der Waals surface area contributed by atoms with E-state index in [0.29, 0.717) is 16.1 Å². The van der Waals surface area contributed by atoms with Crippen LogP contribution in [0.2, 0.25) is 5.02 Å². The van der Waals surface area contributed by atoms with Gasteiger partial charge in [0.05, 0.1) is 16.7 Å². The minimum absolute atomic E-state index is 0.122. The molecule has 0 saturated heterocycles. The fourth-order valence-corrected chi connectivity index (χ4v) is 3.32. The molecular weight excluding hydrogens is 458 g/mol. The van der Waals surface area contributed by atoms with Gasteiger partial charge in [-0.1, -0.05) is 41.9 Å². The van der Waals surface area contributed by atoms with Gasteiger partial charge in [0.25, 0.3) is 11.6 Å². The highest BCUT2D eigenvalue weighted by atomic mass is 35.5. The van der Waals surface area contributed by atoms with Crippen molar-refractivity contribution in [2.24, 2.45) is 5.10 Å². The Bertz CT molecular complexity index is 1420. The maximum Gasteiger partial charge on any atom is 0.343 e. The van der Waals surface area contributed by atoms with Crippen LogP contribution in [0.25, 0.3) is 10.8 Å². The van der Waals surface area contributed by atoms with Crippen LogP contribution in [0.4, 0.5) is 5.69 Å². The smallest absolute Gasteiger partial charge is 0.343 e. The van der Waals surface area contributed by atoms with Crippen LogP contribution < -0.4 is 10.2 Å². The average molecular weight is 474 g/mol. The molecule has 4 rings (SSSR count). The van der Waals surface area contributed by atoms with Crippen LogP contribution in [0.1, 0.15) is 26.3 Å². The fraction of sp³-hybridized carbons (Fsp3) is 0. The minimum Gasteiger partial charge on any atom is -0.422 e. The number of rotatable bonds is 6. The van der Waals surface area contributed by atoms with Crippen LogP contribution in [0, 0.1) is 10.1 Å². The standard InChI is InChI=1S/C25H16ClN3O5/c26-19-10-5-18(6-11-19)25(31)34-23-14-9-16-3-1-2-4-21(16)22(23)15-27-28-24(30)17-7-12-20(13-8-17)29(32)33/h1-15H,(H,28,30)/b27-15+. The molecule has 4 aromatic rings. The molecule has 0 radical (unpaired) electrons. The monoisotopic (exact) mass is 473 g/mol. The first kappa shape index (κ1) is 22.6. The van der Waals surface area contributed by atoms with Crippen molar-refractivity contribution in [1.29, 1.82) is 0 Å². The zero-order valence-corrected chi connectivity index (χ0v) is 18.2. The molecule has 34 heavy (non-hydrogen) atoms. The number of benzene rings is 4. The first-order valence-electron chi connectivity index (χ1n) is 10.00. The van der Waals surface area contributed by atoms with Crippen molar-refractivity contribution in [1.82, 2.24) is 5.43 Å². The summed E-state index contributed by atoms with van der Waals surface area (Å²) < 4.78 is 5.61. The van der Waals surface area contributed by atoms with Gasteiger partial charge in [-0.2, -0.15) is 5.10 Å². The van der Waals surface area contributed by atoms with Crippen molar-refractivity contribution in [2.45, 2.75) is 0 Å². The second-order valence-corrected chi connectivity index (χ2v) is 7.53. The molecule has 9 heteroatoms. The van der Waals surface area contributed by atoms with E-state index in [-0.39, 0.29) is 17.0 Å². The second kappa shape index (κ2) is 9.93. The van der Waals surface area contributed by atoms with E-state index in [2.05, 4.69) is 10.5 Å². The molecule has 0 atom stereocenters. The van der Waals surface area contributed by atoms with Crippen molar-refractivity contribution in [3.8, 4) is 5.75 Å². The summed E-state index contributed by atoms with van der Waals surface area (Å²) in [5, 5.41) is 16.9. The molecule has 4 aromatic carbocycles. The Morgan fingerprint density at radius 2 is 1.59 bits per heavy atom. The summed E-state index contributed by atoms with van der Waals surface area (Å²) in [6, 6.07) is 22.3. The largest absolute Gasteiger partial charge is 0.422 e. The number of halogens is 1. The van der Waals surface area contributed by atoms with E-state index in [1.54, 1.807) is 30.3 Å². The van der Waals surface area contributed by atoms with Crippen LogP contribution in [0.15, 0.2) is 90.0 Å². The molecule has 168 valence electrons. The Morgan fingerprint density at radius 3 is 2.29 bits per heavy atom. The van der Waals surface area contributed by atoms with Gasteiger partial charge in [0.15, 0.2) is 0 Å². The van der Waals surface area contributed by atoms with Crippen LogP contribution in [0.5, 0.6) is 5.75 Å². The Balaban J connectivity index is 1.59. The lowest BCUT2D eigenvalue weighted by molar-refractivity contribution is -0.384. The minimum atomic E-state index is -0.573. The van der Waals surface area contributed by atoms with Crippen molar-refractivity contribution >= 4 is 46.2 Å². The number of nitro groups is 1. The van der Waals surface area contributed by atoms with Crippen molar-refractivity contribution in [3.63, 3.8) is 0 Å².